The van der Waals surface area contributed by atoms with Crippen molar-refractivity contribution >= 4 is 17.9 Å². The molecule has 0 aromatic carbocycles. The number of carbonyl (C=O) groups is 3. The Morgan fingerprint density at radius 3 is 1.45 bits per heavy atom. The van der Waals surface area contributed by atoms with E-state index < -0.39 is 35.3 Å². The van der Waals surface area contributed by atoms with Gasteiger partial charge in [0.1, 0.15) is 5.60 Å². The highest BCUT2D eigenvalue weighted by molar-refractivity contribution is 5.90. The molecule has 0 aromatic rings. The Bertz CT molecular complexity index is 513. The topological polar surface area (TPSA) is 141 Å². The first-order valence-corrected chi connectivity index (χ1v) is 10.9. The molecule has 1 N–H and O–H groups in total. The van der Waals surface area contributed by atoms with Crippen molar-refractivity contribution < 1.29 is 34.8 Å². The Morgan fingerprint density at radius 1 is 0.793 bits per heavy atom. The van der Waals surface area contributed by atoms with Crippen LogP contribution < -0.4 is 15.3 Å². The van der Waals surface area contributed by atoms with Gasteiger partial charge in [-0.1, -0.05) is 79.1 Å². The van der Waals surface area contributed by atoms with E-state index in [1.165, 1.54) is 0 Å². The van der Waals surface area contributed by atoms with Crippen LogP contribution in [0.4, 0.5) is 0 Å². The van der Waals surface area contributed by atoms with Crippen molar-refractivity contribution in [3.8, 4) is 0 Å². The average Bonchev–Trinajstić information content (AvgIpc) is 2.65. The second-order valence-electron chi connectivity index (χ2n) is 8.31. The SMILES string of the molecule is CCCCC(CC)CC(CC(CC)CCCC)(C(=O)[O-])C(O)(CC(=O)[O-])C(=O)[O-]. The molecule has 7 heteroatoms. The Hall–Kier alpha value is -1.63. The molecule has 7 nitrogen and oxygen atoms in total. The van der Waals surface area contributed by atoms with Crippen molar-refractivity contribution in [3.63, 3.8) is 0 Å². The fraction of sp³-hybridized carbons (Fsp3) is 0.864. The van der Waals surface area contributed by atoms with E-state index in [0.717, 1.165) is 25.7 Å². The van der Waals surface area contributed by atoms with E-state index in [4.69, 9.17) is 0 Å². The number of carboxylic acids is 3. The molecule has 0 heterocycles. The van der Waals surface area contributed by atoms with Crippen LogP contribution in [-0.4, -0.2) is 28.6 Å². The summed E-state index contributed by atoms with van der Waals surface area (Å²) in [6.45, 7) is 7.71. The third-order valence-corrected chi connectivity index (χ3v) is 6.28. The van der Waals surface area contributed by atoms with Crippen LogP contribution in [-0.2, 0) is 14.4 Å². The Morgan fingerprint density at radius 2 is 1.21 bits per heavy atom. The van der Waals surface area contributed by atoms with Crippen LogP contribution in [0.25, 0.3) is 0 Å². The zero-order chi connectivity index (χ0) is 22.7. The number of carbonyl (C=O) groups excluding carboxylic acids is 3. The average molecular weight is 414 g/mol. The summed E-state index contributed by atoms with van der Waals surface area (Å²) in [6, 6.07) is 0. The van der Waals surface area contributed by atoms with Crippen LogP contribution in [0.5, 0.6) is 0 Å². The van der Waals surface area contributed by atoms with Crippen LogP contribution in [0.2, 0.25) is 0 Å². The highest BCUT2D eigenvalue weighted by Crippen LogP contribution is 2.47. The Kier molecular flexibility index (Phi) is 12.1. The van der Waals surface area contributed by atoms with Crippen molar-refractivity contribution in [2.75, 3.05) is 0 Å². The highest BCUT2D eigenvalue weighted by atomic mass is 16.4. The predicted molar refractivity (Wildman–Crippen MR) is 103 cm³/mol. The van der Waals surface area contributed by atoms with Crippen LogP contribution >= 0.6 is 0 Å². The number of aliphatic carboxylic acids is 3. The molecule has 170 valence electrons. The molecule has 0 aliphatic heterocycles. The molecule has 0 fully saturated rings. The molecule has 0 bridgehead atoms. The van der Waals surface area contributed by atoms with E-state index in [2.05, 4.69) is 0 Å². The number of rotatable bonds is 17. The summed E-state index contributed by atoms with van der Waals surface area (Å²) >= 11 is 0. The van der Waals surface area contributed by atoms with Gasteiger partial charge in [-0.2, -0.15) is 0 Å². The molecule has 0 spiro atoms. The lowest BCUT2D eigenvalue weighted by molar-refractivity contribution is -0.359. The van der Waals surface area contributed by atoms with E-state index in [9.17, 15) is 34.8 Å². The predicted octanol–water partition coefficient (Wildman–Crippen LogP) is 0.557. The Balaban J connectivity index is 6.40. The van der Waals surface area contributed by atoms with Crippen molar-refractivity contribution in [1.82, 2.24) is 0 Å². The normalized spacial score (nSPS) is 17.7. The quantitative estimate of drug-likeness (QED) is 0.367. The lowest BCUT2D eigenvalue weighted by Crippen LogP contribution is -2.67. The number of aliphatic hydroxyl groups is 1. The molecule has 3 unspecified atom stereocenters. The first kappa shape index (κ1) is 27.4. The molecule has 0 aliphatic carbocycles. The molecule has 0 aliphatic rings. The summed E-state index contributed by atoms with van der Waals surface area (Å²) in [6.07, 6.45) is 4.17. The van der Waals surface area contributed by atoms with Gasteiger partial charge in [-0.25, -0.2) is 0 Å². The van der Waals surface area contributed by atoms with E-state index in [1.54, 1.807) is 0 Å². The van der Waals surface area contributed by atoms with Crippen molar-refractivity contribution in [1.29, 1.82) is 0 Å². The van der Waals surface area contributed by atoms with Crippen LogP contribution in [0.3, 0.4) is 0 Å². The van der Waals surface area contributed by atoms with Gasteiger partial charge in [0.15, 0.2) is 0 Å². The number of unbranched alkanes of at least 4 members (excludes halogenated alkanes) is 2. The summed E-state index contributed by atoms with van der Waals surface area (Å²) in [4.78, 5) is 35.6. The standard InChI is InChI=1S/C22H40O7/c1-5-9-11-16(7-3)13-21(19(25)26,14-17(8-4)12-10-6-2)22(29,20(27)28)15-18(23)24/h16-17,29H,5-15H2,1-4H3,(H,23,24)(H,25,26)(H,27,28)/p-3. The Labute approximate surface area is 174 Å². The van der Waals surface area contributed by atoms with E-state index in [1.807, 2.05) is 27.7 Å². The van der Waals surface area contributed by atoms with Crippen molar-refractivity contribution in [3.05, 3.63) is 0 Å². The number of hydrogen-bond acceptors (Lipinski definition) is 7. The van der Waals surface area contributed by atoms with Crippen LogP contribution in [0.1, 0.15) is 98.3 Å². The van der Waals surface area contributed by atoms with Crippen molar-refractivity contribution in [2.45, 2.75) is 104 Å². The summed E-state index contributed by atoms with van der Waals surface area (Å²) in [5, 5.41) is 46.6. The maximum Gasteiger partial charge on any atom is 0.120 e. The number of hydrogen-bond donors (Lipinski definition) is 1. The molecular weight excluding hydrogens is 376 g/mol. The van der Waals surface area contributed by atoms with Crippen LogP contribution in [0, 0.1) is 17.3 Å². The third-order valence-electron chi connectivity index (χ3n) is 6.28. The molecule has 0 radical (unpaired) electrons. The van der Waals surface area contributed by atoms with Crippen LogP contribution in [0.15, 0.2) is 0 Å². The van der Waals surface area contributed by atoms with Gasteiger partial charge in [0, 0.05) is 17.8 Å². The summed E-state index contributed by atoms with van der Waals surface area (Å²) in [7, 11) is 0. The summed E-state index contributed by atoms with van der Waals surface area (Å²) < 4.78 is 0. The van der Waals surface area contributed by atoms with E-state index >= 15 is 0 Å². The highest BCUT2D eigenvalue weighted by Gasteiger charge is 2.54. The second kappa shape index (κ2) is 12.8. The van der Waals surface area contributed by atoms with E-state index in [-0.39, 0.29) is 24.7 Å². The fourth-order valence-corrected chi connectivity index (χ4v) is 4.27. The zero-order valence-electron chi connectivity index (χ0n) is 18.3. The maximum absolute atomic E-state index is 12.4. The number of carboxylic acid groups (broad SMARTS) is 3. The summed E-state index contributed by atoms with van der Waals surface area (Å²) in [5.74, 6) is -6.07. The summed E-state index contributed by atoms with van der Waals surface area (Å²) in [5.41, 5.74) is -5.38. The zero-order valence-corrected chi connectivity index (χ0v) is 18.3. The maximum atomic E-state index is 12.4. The molecule has 0 aromatic heterocycles. The molecule has 0 rings (SSSR count). The first-order chi connectivity index (χ1) is 13.5. The molecular formula is C22H37O7-3. The fourth-order valence-electron chi connectivity index (χ4n) is 4.27. The van der Waals surface area contributed by atoms with Gasteiger partial charge >= 0.3 is 0 Å². The van der Waals surface area contributed by atoms with Gasteiger partial charge < -0.3 is 34.8 Å². The third kappa shape index (κ3) is 7.28. The van der Waals surface area contributed by atoms with Gasteiger partial charge in [0.25, 0.3) is 0 Å². The second-order valence-corrected chi connectivity index (χ2v) is 8.31. The smallest absolute Gasteiger partial charge is 0.120 e. The minimum atomic E-state index is -3.11. The van der Waals surface area contributed by atoms with Gasteiger partial charge in [0.05, 0.1) is 11.9 Å². The van der Waals surface area contributed by atoms with E-state index in [0.29, 0.717) is 25.7 Å². The minimum Gasteiger partial charge on any atom is -0.550 e. The lowest BCUT2D eigenvalue weighted by atomic mass is 9.60. The lowest BCUT2D eigenvalue weighted by Gasteiger charge is -2.51. The van der Waals surface area contributed by atoms with Gasteiger partial charge in [0.2, 0.25) is 0 Å². The first-order valence-electron chi connectivity index (χ1n) is 10.9. The molecule has 29 heavy (non-hydrogen) atoms. The minimum absolute atomic E-state index is 0.174. The molecule has 0 amide bonds. The monoisotopic (exact) mass is 413 g/mol. The van der Waals surface area contributed by atoms with Gasteiger partial charge in [-0.05, 0) is 24.7 Å². The van der Waals surface area contributed by atoms with Gasteiger partial charge in [-0.3, -0.25) is 0 Å². The molecule has 0 saturated heterocycles. The molecule has 3 atom stereocenters. The largest absolute Gasteiger partial charge is 0.550 e. The van der Waals surface area contributed by atoms with Gasteiger partial charge in [-0.15, -0.1) is 0 Å². The van der Waals surface area contributed by atoms with Crippen molar-refractivity contribution in [2.24, 2.45) is 17.3 Å². The molecule has 0 saturated carbocycles.